The molecule has 2 aromatic rings. The van der Waals surface area contributed by atoms with E-state index in [-0.39, 0.29) is 24.1 Å². The third kappa shape index (κ3) is 4.19. The van der Waals surface area contributed by atoms with Gasteiger partial charge in [-0.25, -0.2) is 9.78 Å². The molecule has 1 aliphatic heterocycles. The molecule has 3 rings (SSSR count). The Morgan fingerprint density at radius 2 is 2.24 bits per heavy atom. The SMILES string of the molecule is Cn1nc(C2CCCO2)cc1NC(=O)NCc1nc(C(C)(C)C)co1. The fraction of sp³-hybridized carbons (Fsp3) is 0.588. The van der Waals surface area contributed by atoms with Crippen LogP contribution in [0.2, 0.25) is 0 Å². The number of nitrogens with zero attached hydrogens (tertiary/aromatic N) is 3. The minimum Gasteiger partial charge on any atom is -0.447 e. The normalized spacial score (nSPS) is 17.7. The first-order valence-electron chi connectivity index (χ1n) is 8.48. The van der Waals surface area contributed by atoms with Gasteiger partial charge in [0.15, 0.2) is 0 Å². The number of aryl methyl sites for hydroxylation is 1. The summed E-state index contributed by atoms with van der Waals surface area (Å²) in [5.74, 6) is 1.09. The maximum atomic E-state index is 12.1. The quantitative estimate of drug-likeness (QED) is 0.887. The molecule has 0 spiro atoms. The second-order valence-corrected chi connectivity index (χ2v) is 7.26. The lowest BCUT2D eigenvalue weighted by atomic mass is 9.93. The van der Waals surface area contributed by atoms with Gasteiger partial charge < -0.3 is 14.5 Å². The molecule has 1 atom stereocenters. The smallest absolute Gasteiger partial charge is 0.320 e. The Morgan fingerprint density at radius 1 is 1.44 bits per heavy atom. The number of anilines is 1. The molecule has 3 heterocycles. The number of carbonyl (C=O) groups excluding carboxylic acids is 1. The Balaban J connectivity index is 1.55. The van der Waals surface area contributed by atoms with E-state index in [0.29, 0.717) is 11.7 Å². The van der Waals surface area contributed by atoms with Gasteiger partial charge in [0.2, 0.25) is 5.89 Å². The van der Waals surface area contributed by atoms with Crippen LogP contribution in [-0.4, -0.2) is 27.4 Å². The molecule has 2 aromatic heterocycles. The van der Waals surface area contributed by atoms with E-state index in [9.17, 15) is 4.79 Å². The lowest BCUT2D eigenvalue weighted by Crippen LogP contribution is -2.29. The van der Waals surface area contributed by atoms with Crippen LogP contribution in [0, 0.1) is 0 Å². The van der Waals surface area contributed by atoms with E-state index in [4.69, 9.17) is 9.15 Å². The van der Waals surface area contributed by atoms with Crippen LogP contribution in [0.15, 0.2) is 16.7 Å². The van der Waals surface area contributed by atoms with Crippen molar-refractivity contribution in [1.29, 1.82) is 0 Å². The number of amides is 2. The number of carbonyl (C=O) groups is 1. The van der Waals surface area contributed by atoms with Crippen LogP contribution in [0.3, 0.4) is 0 Å². The molecule has 0 aliphatic carbocycles. The van der Waals surface area contributed by atoms with Gasteiger partial charge in [0.1, 0.15) is 18.2 Å². The van der Waals surface area contributed by atoms with Crippen molar-refractivity contribution in [3.63, 3.8) is 0 Å². The van der Waals surface area contributed by atoms with Crippen molar-refractivity contribution in [3.05, 3.63) is 29.6 Å². The third-order valence-corrected chi connectivity index (χ3v) is 4.12. The van der Waals surface area contributed by atoms with Gasteiger partial charge >= 0.3 is 6.03 Å². The van der Waals surface area contributed by atoms with E-state index in [1.54, 1.807) is 18.0 Å². The Bertz CT molecular complexity index is 738. The number of rotatable bonds is 4. The number of oxazole rings is 1. The van der Waals surface area contributed by atoms with Crippen LogP contribution in [0.25, 0.3) is 0 Å². The molecule has 1 saturated heterocycles. The zero-order valence-electron chi connectivity index (χ0n) is 15.1. The summed E-state index contributed by atoms with van der Waals surface area (Å²) < 4.78 is 12.7. The van der Waals surface area contributed by atoms with E-state index in [1.165, 1.54) is 0 Å². The molecule has 25 heavy (non-hydrogen) atoms. The van der Waals surface area contributed by atoms with Crippen molar-refractivity contribution >= 4 is 11.8 Å². The van der Waals surface area contributed by atoms with E-state index < -0.39 is 0 Å². The van der Waals surface area contributed by atoms with E-state index >= 15 is 0 Å². The molecule has 8 nitrogen and oxygen atoms in total. The summed E-state index contributed by atoms with van der Waals surface area (Å²) in [7, 11) is 1.79. The zero-order chi connectivity index (χ0) is 18.0. The number of hydrogen-bond donors (Lipinski definition) is 2. The average molecular weight is 347 g/mol. The number of ether oxygens (including phenoxy) is 1. The highest BCUT2D eigenvalue weighted by molar-refractivity contribution is 5.88. The summed E-state index contributed by atoms with van der Waals surface area (Å²) in [5, 5.41) is 9.94. The van der Waals surface area contributed by atoms with Crippen LogP contribution < -0.4 is 10.6 Å². The summed E-state index contributed by atoms with van der Waals surface area (Å²) >= 11 is 0. The van der Waals surface area contributed by atoms with Crippen LogP contribution in [0.4, 0.5) is 10.6 Å². The molecule has 8 heteroatoms. The Hall–Kier alpha value is -2.35. The summed E-state index contributed by atoms with van der Waals surface area (Å²) in [6, 6.07) is 1.51. The van der Waals surface area contributed by atoms with E-state index in [0.717, 1.165) is 30.8 Å². The predicted molar refractivity (Wildman–Crippen MR) is 92.2 cm³/mol. The topological polar surface area (TPSA) is 94.2 Å². The van der Waals surface area contributed by atoms with Crippen molar-refractivity contribution in [2.45, 2.75) is 51.7 Å². The first kappa shape index (κ1) is 17.5. The minimum atomic E-state index is -0.336. The highest BCUT2D eigenvalue weighted by atomic mass is 16.5. The van der Waals surface area contributed by atoms with Crippen LogP contribution >= 0.6 is 0 Å². The standard InChI is InChI=1S/C17H25N5O3/c1-17(2,3)13-10-25-15(19-13)9-18-16(23)20-14-8-11(21-22(14)4)12-6-5-7-24-12/h8,10,12H,5-7,9H2,1-4H3,(H2,18,20,23). The van der Waals surface area contributed by atoms with Gasteiger partial charge in [-0.15, -0.1) is 0 Å². The van der Waals surface area contributed by atoms with E-state index in [2.05, 4.69) is 41.5 Å². The zero-order valence-corrected chi connectivity index (χ0v) is 15.1. The number of hydrogen-bond acceptors (Lipinski definition) is 5. The minimum absolute atomic E-state index is 0.0212. The molecule has 0 saturated carbocycles. The summed E-state index contributed by atoms with van der Waals surface area (Å²) in [4.78, 5) is 16.5. The first-order valence-corrected chi connectivity index (χ1v) is 8.48. The number of aromatic nitrogens is 3. The van der Waals surface area contributed by atoms with Gasteiger partial charge in [-0.05, 0) is 12.8 Å². The van der Waals surface area contributed by atoms with Gasteiger partial charge in [0.25, 0.3) is 0 Å². The maximum absolute atomic E-state index is 12.1. The fourth-order valence-corrected chi connectivity index (χ4v) is 2.63. The Labute approximate surface area is 146 Å². The van der Waals surface area contributed by atoms with Gasteiger partial charge in [-0.2, -0.15) is 5.10 Å². The predicted octanol–water partition coefficient (Wildman–Crippen LogP) is 2.88. The molecule has 0 bridgehead atoms. The van der Waals surface area contributed by atoms with Gasteiger partial charge in [-0.1, -0.05) is 20.8 Å². The number of urea groups is 1. The third-order valence-electron chi connectivity index (χ3n) is 4.12. The van der Waals surface area contributed by atoms with Crippen molar-refractivity contribution in [2.75, 3.05) is 11.9 Å². The fourth-order valence-electron chi connectivity index (χ4n) is 2.63. The van der Waals surface area contributed by atoms with Crippen molar-refractivity contribution in [1.82, 2.24) is 20.1 Å². The van der Waals surface area contributed by atoms with Crippen molar-refractivity contribution in [2.24, 2.45) is 7.05 Å². The molecule has 1 fully saturated rings. The lowest BCUT2D eigenvalue weighted by Gasteiger charge is -2.13. The molecule has 0 radical (unpaired) electrons. The first-order chi connectivity index (χ1) is 11.8. The molecule has 0 aromatic carbocycles. The monoisotopic (exact) mass is 347 g/mol. The van der Waals surface area contributed by atoms with Crippen LogP contribution in [0.1, 0.15) is 57.0 Å². The van der Waals surface area contributed by atoms with Crippen molar-refractivity contribution < 1.29 is 13.9 Å². The summed E-state index contributed by atoms with van der Waals surface area (Å²) in [6.07, 6.45) is 3.65. The molecule has 2 amide bonds. The Morgan fingerprint density at radius 3 is 2.88 bits per heavy atom. The van der Waals surface area contributed by atoms with Crippen LogP contribution in [-0.2, 0) is 23.7 Å². The Kier molecular flexibility index (Phi) is 4.80. The van der Waals surface area contributed by atoms with Gasteiger partial charge in [-0.3, -0.25) is 10.00 Å². The number of nitrogens with one attached hydrogen (secondary N) is 2. The highest BCUT2D eigenvalue weighted by Crippen LogP contribution is 2.28. The molecular formula is C17H25N5O3. The average Bonchev–Trinajstić information content (AvgIpc) is 3.25. The van der Waals surface area contributed by atoms with Gasteiger partial charge in [0.05, 0.1) is 17.9 Å². The molecule has 1 aliphatic rings. The lowest BCUT2D eigenvalue weighted by molar-refractivity contribution is 0.108. The summed E-state index contributed by atoms with van der Waals surface area (Å²) in [6.45, 7) is 7.16. The van der Waals surface area contributed by atoms with Crippen molar-refractivity contribution in [3.8, 4) is 0 Å². The molecule has 136 valence electrons. The second-order valence-electron chi connectivity index (χ2n) is 7.26. The second kappa shape index (κ2) is 6.87. The highest BCUT2D eigenvalue weighted by Gasteiger charge is 2.22. The van der Waals surface area contributed by atoms with E-state index in [1.807, 2.05) is 6.07 Å². The largest absolute Gasteiger partial charge is 0.447 e. The maximum Gasteiger partial charge on any atom is 0.320 e. The molecule has 2 N–H and O–H groups in total. The molecular weight excluding hydrogens is 322 g/mol. The summed E-state index contributed by atoms with van der Waals surface area (Å²) in [5.41, 5.74) is 1.62. The molecule has 1 unspecified atom stereocenters. The van der Waals surface area contributed by atoms with Gasteiger partial charge in [0, 0.05) is 25.1 Å². The van der Waals surface area contributed by atoms with Crippen LogP contribution in [0.5, 0.6) is 0 Å².